The summed E-state index contributed by atoms with van der Waals surface area (Å²) in [6.07, 6.45) is 12.0. The van der Waals surface area contributed by atoms with Crippen LogP contribution in [-0.2, 0) is 0 Å². The molecule has 0 N–H and O–H groups in total. The summed E-state index contributed by atoms with van der Waals surface area (Å²) >= 11 is 0. The Morgan fingerprint density at radius 1 is 1.20 bits per heavy atom. The van der Waals surface area contributed by atoms with Gasteiger partial charge in [-0.1, -0.05) is 82.0 Å². The molecule has 1 aromatic carbocycles. The minimum Gasteiger partial charge on any atom is -0.0991 e. The zero-order valence-electron chi connectivity index (χ0n) is 13.0. The van der Waals surface area contributed by atoms with Crippen molar-refractivity contribution in [2.75, 3.05) is 0 Å². The third-order valence-electron chi connectivity index (χ3n) is 3.33. The first-order valence-corrected chi connectivity index (χ1v) is 7.63. The molecule has 0 radical (unpaired) electrons. The van der Waals surface area contributed by atoms with Crippen LogP contribution < -0.4 is 0 Å². The van der Waals surface area contributed by atoms with Gasteiger partial charge in [0.15, 0.2) is 0 Å². The van der Waals surface area contributed by atoms with Crippen LogP contribution in [0.15, 0.2) is 72.4 Å². The van der Waals surface area contributed by atoms with Crippen LogP contribution in [0.2, 0.25) is 0 Å². The van der Waals surface area contributed by atoms with Gasteiger partial charge in [-0.2, -0.15) is 0 Å². The fourth-order valence-corrected chi connectivity index (χ4v) is 2.38. The van der Waals surface area contributed by atoms with Crippen LogP contribution in [-0.4, -0.2) is 0 Å². The number of allylic oxidation sites excluding steroid dienone is 7. The van der Waals surface area contributed by atoms with Crippen LogP contribution in [0, 0.1) is 0 Å². The minimum atomic E-state index is 1.07. The first-order valence-electron chi connectivity index (χ1n) is 7.63. The molecule has 0 bridgehead atoms. The highest BCUT2D eigenvalue weighted by Gasteiger charge is 2.09. The molecule has 1 aliphatic carbocycles. The lowest BCUT2D eigenvalue weighted by Gasteiger charge is -2.16. The SMILES string of the molecule is C=C/C=C(\CC)C1=CC(c2ccccc2)=CCC1.CC. The topological polar surface area (TPSA) is 0 Å². The van der Waals surface area contributed by atoms with Gasteiger partial charge in [0.25, 0.3) is 0 Å². The van der Waals surface area contributed by atoms with Crippen LogP contribution in [0.4, 0.5) is 0 Å². The second-order valence-electron chi connectivity index (χ2n) is 4.51. The quantitative estimate of drug-likeness (QED) is 0.558. The van der Waals surface area contributed by atoms with Crippen molar-refractivity contribution in [3.8, 4) is 0 Å². The zero-order valence-corrected chi connectivity index (χ0v) is 13.0. The highest BCUT2D eigenvalue weighted by atomic mass is 14.1. The Labute approximate surface area is 124 Å². The van der Waals surface area contributed by atoms with Crippen molar-refractivity contribution in [2.24, 2.45) is 0 Å². The van der Waals surface area contributed by atoms with Crippen molar-refractivity contribution in [1.82, 2.24) is 0 Å². The molecule has 1 aliphatic rings. The monoisotopic (exact) mass is 266 g/mol. The van der Waals surface area contributed by atoms with Crippen LogP contribution in [0.3, 0.4) is 0 Å². The molecule has 2 rings (SSSR count). The predicted molar refractivity (Wildman–Crippen MR) is 91.7 cm³/mol. The molecular formula is C20H26. The highest BCUT2D eigenvalue weighted by molar-refractivity contribution is 5.76. The molecule has 20 heavy (non-hydrogen) atoms. The van der Waals surface area contributed by atoms with E-state index in [0.29, 0.717) is 0 Å². The summed E-state index contributed by atoms with van der Waals surface area (Å²) in [6, 6.07) is 10.6. The predicted octanol–water partition coefficient (Wildman–Crippen LogP) is 6.34. The molecule has 0 saturated carbocycles. The zero-order chi connectivity index (χ0) is 14.8. The standard InChI is InChI=1S/C18H20.C2H6/c1-3-9-15(4-2)17-12-8-13-18(14-17)16-10-6-5-7-11-16;1-2/h3,5-7,9-11,13-14H,1,4,8,12H2,2H3;1-2H3/b15-9+;. The van der Waals surface area contributed by atoms with E-state index in [1.54, 1.807) is 0 Å². The first kappa shape index (κ1) is 16.2. The summed E-state index contributed by atoms with van der Waals surface area (Å²) < 4.78 is 0. The fourth-order valence-electron chi connectivity index (χ4n) is 2.38. The van der Waals surface area contributed by atoms with Gasteiger partial charge in [-0.3, -0.25) is 0 Å². The van der Waals surface area contributed by atoms with E-state index in [4.69, 9.17) is 0 Å². The van der Waals surface area contributed by atoms with Gasteiger partial charge in [0, 0.05) is 0 Å². The molecule has 0 amide bonds. The fraction of sp³-hybridized carbons (Fsp3) is 0.300. The summed E-state index contributed by atoms with van der Waals surface area (Å²) in [7, 11) is 0. The largest absolute Gasteiger partial charge is 0.0991 e. The highest BCUT2D eigenvalue weighted by Crippen LogP contribution is 2.30. The molecular weight excluding hydrogens is 240 g/mol. The van der Waals surface area contributed by atoms with Crippen LogP contribution >= 0.6 is 0 Å². The lowest BCUT2D eigenvalue weighted by molar-refractivity contribution is 0.942. The Balaban J connectivity index is 0.000000956. The normalized spacial score (nSPS) is 14.7. The van der Waals surface area contributed by atoms with Crippen LogP contribution in [0.25, 0.3) is 5.57 Å². The van der Waals surface area contributed by atoms with E-state index >= 15 is 0 Å². The van der Waals surface area contributed by atoms with Crippen molar-refractivity contribution in [1.29, 1.82) is 0 Å². The molecule has 1 aromatic rings. The number of hydrogen-bond donors (Lipinski definition) is 0. The van der Waals surface area contributed by atoms with E-state index in [1.807, 2.05) is 19.9 Å². The number of benzene rings is 1. The third kappa shape index (κ3) is 4.38. The van der Waals surface area contributed by atoms with E-state index in [1.165, 1.54) is 22.3 Å². The van der Waals surface area contributed by atoms with E-state index in [-0.39, 0.29) is 0 Å². The first-order chi connectivity index (χ1) is 9.85. The Morgan fingerprint density at radius 2 is 1.90 bits per heavy atom. The third-order valence-corrected chi connectivity index (χ3v) is 3.33. The van der Waals surface area contributed by atoms with Gasteiger partial charge in [-0.25, -0.2) is 0 Å². The van der Waals surface area contributed by atoms with Crippen molar-refractivity contribution >= 4 is 5.57 Å². The van der Waals surface area contributed by atoms with Gasteiger partial charge in [0.1, 0.15) is 0 Å². The van der Waals surface area contributed by atoms with Gasteiger partial charge < -0.3 is 0 Å². The maximum Gasteiger partial charge on any atom is -0.0187 e. The van der Waals surface area contributed by atoms with Crippen molar-refractivity contribution in [2.45, 2.75) is 40.0 Å². The number of hydrogen-bond acceptors (Lipinski definition) is 0. The molecule has 0 nitrogen and oxygen atoms in total. The average Bonchev–Trinajstić information content (AvgIpc) is 2.55. The average molecular weight is 266 g/mol. The van der Waals surface area contributed by atoms with E-state index in [0.717, 1.165) is 19.3 Å². The van der Waals surface area contributed by atoms with Gasteiger partial charge in [0.05, 0.1) is 0 Å². The molecule has 106 valence electrons. The summed E-state index contributed by atoms with van der Waals surface area (Å²) in [5, 5.41) is 0. The van der Waals surface area contributed by atoms with Gasteiger partial charge in [-0.15, -0.1) is 0 Å². The number of rotatable bonds is 4. The molecule has 0 heteroatoms. The summed E-state index contributed by atoms with van der Waals surface area (Å²) in [5.41, 5.74) is 5.52. The van der Waals surface area contributed by atoms with Crippen LogP contribution in [0.5, 0.6) is 0 Å². The lowest BCUT2D eigenvalue weighted by atomic mass is 9.89. The Bertz CT molecular complexity index is 498. The second-order valence-corrected chi connectivity index (χ2v) is 4.51. The molecule has 0 unspecified atom stereocenters. The molecule has 0 heterocycles. The maximum atomic E-state index is 3.80. The smallest absolute Gasteiger partial charge is 0.0187 e. The van der Waals surface area contributed by atoms with Crippen molar-refractivity contribution < 1.29 is 0 Å². The molecule has 0 atom stereocenters. The molecule has 0 spiro atoms. The Hall–Kier alpha value is -1.82. The van der Waals surface area contributed by atoms with Crippen molar-refractivity contribution in [3.05, 3.63) is 77.9 Å². The summed E-state index contributed by atoms with van der Waals surface area (Å²) in [4.78, 5) is 0. The Kier molecular flexibility index (Phi) is 7.42. The maximum absolute atomic E-state index is 3.80. The van der Waals surface area contributed by atoms with Gasteiger partial charge in [-0.05, 0) is 41.5 Å². The van der Waals surface area contributed by atoms with E-state index in [9.17, 15) is 0 Å². The van der Waals surface area contributed by atoms with Gasteiger partial charge in [0.2, 0.25) is 0 Å². The molecule has 0 aromatic heterocycles. The van der Waals surface area contributed by atoms with Crippen molar-refractivity contribution in [3.63, 3.8) is 0 Å². The summed E-state index contributed by atoms with van der Waals surface area (Å²) in [6.45, 7) is 10.0. The van der Waals surface area contributed by atoms with E-state index in [2.05, 4.69) is 62.1 Å². The van der Waals surface area contributed by atoms with Gasteiger partial charge >= 0.3 is 0 Å². The minimum absolute atomic E-state index is 1.07. The molecule has 0 fully saturated rings. The Morgan fingerprint density at radius 3 is 2.50 bits per heavy atom. The molecule has 0 aliphatic heterocycles. The van der Waals surface area contributed by atoms with Crippen LogP contribution in [0.1, 0.15) is 45.6 Å². The van der Waals surface area contributed by atoms with E-state index < -0.39 is 0 Å². The molecule has 0 saturated heterocycles. The summed E-state index contributed by atoms with van der Waals surface area (Å²) in [5.74, 6) is 0. The second kappa shape index (κ2) is 9.14. The lowest BCUT2D eigenvalue weighted by Crippen LogP contribution is -1.95.